The first-order valence-corrected chi connectivity index (χ1v) is 8.70. The van der Waals surface area contributed by atoms with Gasteiger partial charge in [-0.05, 0) is 56.8 Å². The van der Waals surface area contributed by atoms with Crippen LogP contribution in [0.3, 0.4) is 0 Å². The lowest BCUT2D eigenvalue weighted by molar-refractivity contribution is -0.132. The summed E-state index contributed by atoms with van der Waals surface area (Å²) >= 11 is 0. The maximum absolute atomic E-state index is 12.3. The summed E-state index contributed by atoms with van der Waals surface area (Å²) in [6, 6.07) is 0. The Kier molecular flexibility index (Phi) is 3.49. The Morgan fingerprint density at radius 3 is 2.59 bits per heavy atom. The monoisotopic (exact) mass is 302 g/mol. The molecule has 5 atom stereocenters. The first-order valence-electron chi connectivity index (χ1n) is 8.70. The summed E-state index contributed by atoms with van der Waals surface area (Å²) in [6.45, 7) is 12.6. The summed E-state index contributed by atoms with van der Waals surface area (Å²) in [5.74, 6) is 1.41. The van der Waals surface area contributed by atoms with Crippen LogP contribution in [0.1, 0.15) is 59.8 Å². The average Bonchev–Trinajstić information content (AvgIpc) is 2.45. The molecule has 0 aliphatic heterocycles. The number of hydrogen-bond donors (Lipinski definition) is 1. The number of Topliss-reactive ketones (excluding diaryl/α,β-unsaturated/α-hetero) is 1. The van der Waals surface area contributed by atoms with E-state index in [1.807, 2.05) is 6.08 Å². The predicted molar refractivity (Wildman–Crippen MR) is 89.4 cm³/mol. The van der Waals surface area contributed by atoms with Gasteiger partial charge in [-0.1, -0.05) is 31.6 Å². The predicted octanol–water partition coefficient (Wildman–Crippen LogP) is 4.29. The third-order valence-electron chi connectivity index (χ3n) is 7.35. The molecule has 0 heterocycles. The van der Waals surface area contributed by atoms with E-state index in [0.717, 1.165) is 25.7 Å². The molecule has 2 heteroatoms. The molecule has 2 saturated carbocycles. The summed E-state index contributed by atoms with van der Waals surface area (Å²) in [5.41, 5.74) is 0.970. The van der Waals surface area contributed by atoms with Crippen molar-refractivity contribution in [1.82, 2.24) is 0 Å². The van der Waals surface area contributed by atoms with E-state index < -0.39 is 0 Å². The standard InChI is InChI=1S/C20H30O2/c1-6-19(4)11-13-7-8-14-15(20(13,5)12-17(19)22)9-10-16(21)18(14,2)3/h6,8,13,15,17,22H,1,7,9-12H2,2-5H3/t13-,15-,17+,19+,20+/m1/s1. The van der Waals surface area contributed by atoms with E-state index in [2.05, 4.69) is 40.3 Å². The van der Waals surface area contributed by atoms with Gasteiger partial charge in [-0.15, -0.1) is 6.58 Å². The lowest BCUT2D eigenvalue weighted by atomic mass is 9.46. The Bertz CT molecular complexity index is 544. The fraction of sp³-hybridized carbons (Fsp3) is 0.750. The van der Waals surface area contributed by atoms with Crippen molar-refractivity contribution in [3.05, 3.63) is 24.3 Å². The Balaban J connectivity index is 2.00. The summed E-state index contributed by atoms with van der Waals surface area (Å²) < 4.78 is 0. The largest absolute Gasteiger partial charge is 0.392 e. The number of fused-ring (bicyclic) bond motifs is 3. The maximum Gasteiger partial charge on any atom is 0.142 e. The van der Waals surface area contributed by atoms with Gasteiger partial charge in [0.1, 0.15) is 5.78 Å². The quantitative estimate of drug-likeness (QED) is 0.734. The second-order valence-corrected chi connectivity index (χ2v) is 8.87. The summed E-state index contributed by atoms with van der Waals surface area (Å²) in [5, 5.41) is 10.7. The van der Waals surface area contributed by atoms with Crippen molar-refractivity contribution in [2.45, 2.75) is 65.9 Å². The van der Waals surface area contributed by atoms with Gasteiger partial charge in [0, 0.05) is 17.3 Å². The number of rotatable bonds is 1. The number of allylic oxidation sites excluding steroid dienone is 2. The van der Waals surface area contributed by atoms with E-state index in [1.54, 1.807) is 0 Å². The number of carbonyl (C=O) groups excluding carboxylic acids is 1. The van der Waals surface area contributed by atoms with Crippen molar-refractivity contribution in [3.63, 3.8) is 0 Å². The van der Waals surface area contributed by atoms with Crippen LogP contribution in [0.5, 0.6) is 0 Å². The Labute approximate surface area is 134 Å². The number of carbonyl (C=O) groups is 1. The number of hydrogen-bond acceptors (Lipinski definition) is 2. The molecule has 2 fully saturated rings. The Hall–Kier alpha value is -0.890. The first-order chi connectivity index (χ1) is 10.1. The highest BCUT2D eigenvalue weighted by Crippen LogP contribution is 2.62. The van der Waals surface area contributed by atoms with E-state index in [1.165, 1.54) is 5.57 Å². The van der Waals surface area contributed by atoms with Crippen LogP contribution in [0.4, 0.5) is 0 Å². The van der Waals surface area contributed by atoms with E-state index in [4.69, 9.17) is 0 Å². The zero-order valence-electron chi connectivity index (χ0n) is 14.5. The van der Waals surface area contributed by atoms with Gasteiger partial charge in [-0.2, -0.15) is 0 Å². The molecule has 122 valence electrons. The van der Waals surface area contributed by atoms with E-state index in [0.29, 0.717) is 24.0 Å². The molecule has 0 aromatic carbocycles. The van der Waals surface area contributed by atoms with Gasteiger partial charge in [-0.3, -0.25) is 4.79 Å². The Morgan fingerprint density at radius 2 is 1.95 bits per heavy atom. The molecule has 0 bridgehead atoms. The van der Waals surface area contributed by atoms with Crippen LogP contribution < -0.4 is 0 Å². The SMILES string of the molecule is C=C[C@@]1(C)C[C@H]2CC=C3[C@@H](CCC(=O)C3(C)C)[C@@]2(C)C[C@@H]1O. The van der Waals surface area contributed by atoms with Crippen molar-refractivity contribution < 1.29 is 9.90 Å². The summed E-state index contributed by atoms with van der Waals surface area (Å²) in [7, 11) is 0. The number of aliphatic hydroxyl groups is 1. The molecular weight excluding hydrogens is 272 g/mol. The molecule has 0 amide bonds. The van der Waals surface area contributed by atoms with E-state index in [9.17, 15) is 9.90 Å². The minimum absolute atomic E-state index is 0.115. The van der Waals surface area contributed by atoms with Gasteiger partial charge in [0.2, 0.25) is 0 Å². The molecule has 0 aromatic rings. The normalized spacial score (nSPS) is 47.2. The fourth-order valence-electron chi connectivity index (χ4n) is 5.41. The molecule has 0 unspecified atom stereocenters. The number of ketones is 1. The van der Waals surface area contributed by atoms with Crippen molar-refractivity contribution in [1.29, 1.82) is 0 Å². The molecule has 3 aliphatic rings. The zero-order valence-corrected chi connectivity index (χ0v) is 14.5. The van der Waals surface area contributed by atoms with Crippen molar-refractivity contribution in [3.8, 4) is 0 Å². The second kappa shape index (κ2) is 4.80. The van der Waals surface area contributed by atoms with Crippen LogP contribution in [-0.2, 0) is 4.79 Å². The third-order valence-corrected chi connectivity index (χ3v) is 7.35. The van der Waals surface area contributed by atoms with Gasteiger partial charge < -0.3 is 5.11 Å². The fourth-order valence-corrected chi connectivity index (χ4v) is 5.41. The molecule has 0 saturated heterocycles. The zero-order chi connectivity index (χ0) is 16.3. The second-order valence-electron chi connectivity index (χ2n) is 8.87. The van der Waals surface area contributed by atoms with Crippen LogP contribution in [0.15, 0.2) is 24.3 Å². The van der Waals surface area contributed by atoms with E-state index >= 15 is 0 Å². The summed E-state index contributed by atoms with van der Waals surface area (Å²) in [6.07, 6.45) is 8.49. The lowest BCUT2D eigenvalue weighted by Crippen LogP contribution is -2.54. The van der Waals surface area contributed by atoms with Crippen molar-refractivity contribution in [2.24, 2.45) is 28.1 Å². The van der Waals surface area contributed by atoms with Gasteiger partial charge in [0.25, 0.3) is 0 Å². The van der Waals surface area contributed by atoms with Crippen LogP contribution in [0, 0.1) is 28.1 Å². The molecule has 0 aromatic heterocycles. The summed E-state index contributed by atoms with van der Waals surface area (Å²) in [4.78, 5) is 12.3. The first kappa shape index (κ1) is 16.0. The average molecular weight is 302 g/mol. The smallest absolute Gasteiger partial charge is 0.142 e. The van der Waals surface area contributed by atoms with Crippen molar-refractivity contribution >= 4 is 5.78 Å². The van der Waals surface area contributed by atoms with Crippen LogP contribution in [0.25, 0.3) is 0 Å². The Morgan fingerprint density at radius 1 is 1.27 bits per heavy atom. The van der Waals surface area contributed by atoms with Crippen LogP contribution in [0.2, 0.25) is 0 Å². The van der Waals surface area contributed by atoms with Crippen LogP contribution in [-0.4, -0.2) is 17.0 Å². The highest BCUT2D eigenvalue weighted by Gasteiger charge is 2.57. The molecular formula is C20H30O2. The number of aliphatic hydroxyl groups excluding tert-OH is 1. The molecule has 3 rings (SSSR count). The van der Waals surface area contributed by atoms with Gasteiger partial charge in [0.15, 0.2) is 0 Å². The van der Waals surface area contributed by atoms with Gasteiger partial charge in [-0.25, -0.2) is 0 Å². The van der Waals surface area contributed by atoms with Crippen LogP contribution >= 0.6 is 0 Å². The highest BCUT2D eigenvalue weighted by molar-refractivity contribution is 5.88. The topological polar surface area (TPSA) is 37.3 Å². The highest BCUT2D eigenvalue weighted by atomic mass is 16.3. The lowest BCUT2D eigenvalue weighted by Gasteiger charge is -2.59. The minimum atomic E-state index is -0.327. The molecule has 2 nitrogen and oxygen atoms in total. The molecule has 1 N–H and O–H groups in total. The molecule has 0 radical (unpaired) electrons. The minimum Gasteiger partial charge on any atom is -0.392 e. The maximum atomic E-state index is 12.3. The molecule has 22 heavy (non-hydrogen) atoms. The van der Waals surface area contributed by atoms with Crippen molar-refractivity contribution in [2.75, 3.05) is 0 Å². The van der Waals surface area contributed by atoms with Gasteiger partial charge >= 0.3 is 0 Å². The van der Waals surface area contributed by atoms with E-state index in [-0.39, 0.29) is 22.3 Å². The third kappa shape index (κ3) is 1.99. The molecule has 0 spiro atoms. The van der Waals surface area contributed by atoms with Gasteiger partial charge in [0.05, 0.1) is 6.10 Å². The molecule has 3 aliphatic carbocycles.